The van der Waals surface area contributed by atoms with Crippen molar-refractivity contribution in [1.29, 1.82) is 0 Å². The topological polar surface area (TPSA) is 12.0 Å². The Kier molecular flexibility index (Phi) is 5.37. The van der Waals surface area contributed by atoms with Crippen molar-refractivity contribution in [2.45, 2.75) is 19.9 Å². The van der Waals surface area contributed by atoms with E-state index in [0.29, 0.717) is 0 Å². The number of hydrogen-bond acceptors (Lipinski definition) is 1. The Balaban J connectivity index is 2.48. The fraction of sp³-hybridized carbons (Fsp3) is 0.211. The average Bonchev–Trinajstić information content (AvgIpc) is 2.52. The van der Waals surface area contributed by atoms with Gasteiger partial charge in [0.1, 0.15) is 0 Å². The van der Waals surface area contributed by atoms with Gasteiger partial charge >= 0.3 is 0 Å². The molecule has 2 aromatic rings. The molecule has 0 radical (unpaired) electrons. The van der Waals surface area contributed by atoms with Crippen LogP contribution in [0.5, 0.6) is 0 Å². The second-order valence-electron chi connectivity index (χ2n) is 4.61. The fourth-order valence-electron chi connectivity index (χ4n) is 2.34. The van der Waals surface area contributed by atoms with Crippen LogP contribution in [0.4, 0.5) is 0 Å². The first-order valence-electron chi connectivity index (χ1n) is 7.11. The summed E-state index contributed by atoms with van der Waals surface area (Å²) in [5.74, 6) is 0. The summed E-state index contributed by atoms with van der Waals surface area (Å²) in [5.41, 5.74) is 7.07. The summed E-state index contributed by atoms with van der Waals surface area (Å²) in [6, 6.07) is 21.2. The molecule has 1 nitrogen and oxygen atoms in total. The molecule has 1 unspecified atom stereocenters. The lowest BCUT2D eigenvalue weighted by Gasteiger charge is -2.21. The van der Waals surface area contributed by atoms with E-state index in [9.17, 15) is 0 Å². The van der Waals surface area contributed by atoms with E-state index < -0.39 is 0 Å². The van der Waals surface area contributed by atoms with Crippen LogP contribution < -0.4 is 5.32 Å². The summed E-state index contributed by atoms with van der Waals surface area (Å²) in [6.07, 6.45) is 1.98. The molecule has 0 bridgehead atoms. The Labute approximate surface area is 121 Å². The van der Waals surface area contributed by atoms with Crippen molar-refractivity contribution in [2.24, 2.45) is 0 Å². The maximum absolute atomic E-state index is 3.56. The molecule has 2 aromatic carbocycles. The van der Waals surface area contributed by atoms with Crippen LogP contribution in [0.2, 0.25) is 0 Å². The van der Waals surface area contributed by atoms with Gasteiger partial charge in [0.15, 0.2) is 0 Å². The number of likely N-dealkylation sites (N-methyl/N-ethyl adjacent to an activating group) is 1. The zero-order valence-electron chi connectivity index (χ0n) is 12.1. The van der Waals surface area contributed by atoms with Gasteiger partial charge in [-0.25, -0.2) is 0 Å². The molecular weight excluding hydrogens is 242 g/mol. The molecule has 0 aliphatic carbocycles. The average molecular weight is 263 g/mol. The SMILES string of the molecule is CC=C=C(c1ccccc1)C(NCC)c1ccccc1. The highest BCUT2D eigenvalue weighted by atomic mass is 14.9. The van der Waals surface area contributed by atoms with E-state index in [2.05, 4.69) is 66.5 Å². The van der Waals surface area contributed by atoms with Crippen molar-refractivity contribution >= 4 is 5.57 Å². The quantitative estimate of drug-likeness (QED) is 0.778. The minimum Gasteiger partial charge on any atom is -0.306 e. The van der Waals surface area contributed by atoms with Gasteiger partial charge in [-0.1, -0.05) is 67.6 Å². The Morgan fingerprint density at radius 1 is 1.05 bits per heavy atom. The van der Waals surface area contributed by atoms with Crippen molar-refractivity contribution in [3.8, 4) is 0 Å². The third kappa shape index (κ3) is 3.48. The van der Waals surface area contributed by atoms with Crippen molar-refractivity contribution in [1.82, 2.24) is 5.32 Å². The number of nitrogens with one attached hydrogen (secondary N) is 1. The first-order chi connectivity index (χ1) is 9.86. The molecule has 1 N–H and O–H groups in total. The van der Waals surface area contributed by atoms with E-state index >= 15 is 0 Å². The van der Waals surface area contributed by atoms with Crippen LogP contribution in [0.25, 0.3) is 5.57 Å². The van der Waals surface area contributed by atoms with Crippen LogP contribution in [-0.4, -0.2) is 6.54 Å². The molecular formula is C19H21N. The third-order valence-corrected chi connectivity index (χ3v) is 3.21. The predicted molar refractivity (Wildman–Crippen MR) is 86.5 cm³/mol. The third-order valence-electron chi connectivity index (χ3n) is 3.21. The molecule has 0 aliphatic rings. The van der Waals surface area contributed by atoms with Crippen LogP contribution in [0.3, 0.4) is 0 Å². The van der Waals surface area contributed by atoms with Gasteiger partial charge in [-0.05, 0) is 30.7 Å². The van der Waals surface area contributed by atoms with E-state index in [4.69, 9.17) is 0 Å². The van der Waals surface area contributed by atoms with Crippen LogP contribution in [0, 0.1) is 0 Å². The van der Waals surface area contributed by atoms with E-state index in [0.717, 1.165) is 6.54 Å². The highest BCUT2D eigenvalue weighted by molar-refractivity contribution is 5.70. The summed E-state index contributed by atoms with van der Waals surface area (Å²) in [7, 11) is 0. The van der Waals surface area contributed by atoms with Gasteiger partial charge in [0, 0.05) is 5.57 Å². The minimum atomic E-state index is 0.166. The van der Waals surface area contributed by atoms with E-state index in [1.807, 2.05) is 25.1 Å². The Hall–Kier alpha value is -2.08. The molecule has 102 valence electrons. The largest absolute Gasteiger partial charge is 0.306 e. The number of benzene rings is 2. The van der Waals surface area contributed by atoms with Crippen LogP contribution in [0.15, 0.2) is 72.5 Å². The maximum Gasteiger partial charge on any atom is 0.0656 e. The zero-order chi connectivity index (χ0) is 14.2. The molecule has 0 spiro atoms. The highest BCUT2D eigenvalue weighted by Crippen LogP contribution is 2.29. The number of rotatable bonds is 5. The van der Waals surface area contributed by atoms with Gasteiger partial charge in [0.2, 0.25) is 0 Å². The second-order valence-corrected chi connectivity index (χ2v) is 4.61. The highest BCUT2D eigenvalue weighted by Gasteiger charge is 2.16. The Bertz CT molecular complexity index is 578. The van der Waals surface area contributed by atoms with Crippen molar-refractivity contribution in [3.63, 3.8) is 0 Å². The minimum absolute atomic E-state index is 0.166. The van der Waals surface area contributed by atoms with Crippen LogP contribution in [0.1, 0.15) is 31.0 Å². The van der Waals surface area contributed by atoms with Gasteiger partial charge in [0.25, 0.3) is 0 Å². The smallest absolute Gasteiger partial charge is 0.0656 e. The summed E-state index contributed by atoms with van der Waals surface area (Å²) in [6.45, 7) is 5.06. The molecule has 0 heterocycles. The molecule has 2 rings (SSSR count). The van der Waals surface area contributed by atoms with Gasteiger partial charge in [0.05, 0.1) is 6.04 Å². The monoisotopic (exact) mass is 263 g/mol. The summed E-state index contributed by atoms with van der Waals surface area (Å²) in [4.78, 5) is 0. The molecule has 1 heteroatoms. The lowest BCUT2D eigenvalue weighted by atomic mass is 9.93. The molecule has 0 saturated heterocycles. The molecule has 20 heavy (non-hydrogen) atoms. The van der Waals surface area contributed by atoms with Crippen molar-refractivity contribution in [3.05, 3.63) is 83.6 Å². The van der Waals surface area contributed by atoms with Gasteiger partial charge in [-0.3, -0.25) is 0 Å². The van der Waals surface area contributed by atoms with Crippen LogP contribution in [-0.2, 0) is 0 Å². The van der Waals surface area contributed by atoms with E-state index in [-0.39, 0.29) is 6.04 Å². The maximum atomic E-state index is 3.56. The Morgan fingerprint density at radius 2 is 1.65 bits per heavy atom. The first kappa shape index (κ1) is 14.3. The molecule has 0 fully saturated rings. The van der Waals surface area contributed by atoms with E-state index in [1.165, 1.54) is 16.7 Å². The predicted octanol–water partition coefficient (Wildman–Crippen LogP) is 4.60. The van der Waals surface area contributed by atoms with Gasteiger partial charge in [-0.2, -0.15) is 0 Å². The van der Waals surface area contributed by atoms with Gasteiger partial charge in [-0.15, -0.1) is 5.73 Å². The zero-order valence-corrected chi connectivity index (χ0v) is 12.1. The first-order valence-corrected chi connectivity index (χ1v) is 7.11. The standard InChI is InChI=1S/C19H21N/c1-3-11-18(16-12-7-5-8-13-16)19(20-4-2)17-14-9-6-10-15-17/h3,5-10,12-15,19-20H,4H2,1-2H3. The fourth-order valence-corrected chi connectivity index (χ4v) is 2.34. The van der Waals surface area contributed by atoms with Gasteiger partial charge < -0.3 is 5.32 Å². The van der Waals surface area contributed by atoms with Crippen molar-refractivity contribution < 1.29 is 0 Å². The lowest BCUT2D eigenvalue weighted by Crippen LogP contribution is -2.22. The second kappa shape index (κ2) is 7.49. The van der Waals surface area contributed by atoms with E-state index in [1.54, 1.807) is 0 Å². The molecule has 0 aliphatic heterocycles. The summed E-state index contributed by atoms with van der Waals surface area (Å²) >= 11 is 0. The number of hydrogen-bond donors (Lipinski definition) is 1. The normalized spacial score (nSPS) is 11.5. The Morgan fingerprint density at radius 3 is 2.20 bits per heavy atom. The molecule has 0 saturated carbocycles. The van der Waals surface area contributed by atoms with Crippen LogP contribution >= 0.6 is 0 Å². The molecule has 1 atom stereocenters. The summed E-state index contributed by atoms with van der Waals surface area (Å²) < 4.78 is 0. The molecule has 0 aromatic heterocycles. The lowest BCUT2D eigenvalue weighted by molar-refractivity contribution is 0.662. The summed E-state index contributed by atoms with van der Waals surface area (Å²) in [5, 5.41) is 3.56. The van der Waals surface area contributed by atoms with Crippen molar-refractivity contribution in [2.75, 3.05) is 6.54 Å². The molecule has 0 amide bonds.